The average Bonchev–Trinajstić information content (AvgIpc) is 3.02. The highest BCUT2D eigenvalue weighted by molar-refractivity contribution is 7.09. The highest BCUT2D eigenvalue weighted by atomic mass is 32.1. The van der Waals surface area contributed by atoms with Crippen molar-refractivity contribution in [2.45, 2.75) is 19.8 Å². The predicted octanol–water partition coefficient (Wildman–Crippen LogP) is 4.16. The summed E-state index contributed by atoms with van der Waals surface area (Å²) < 4.78 is 13.1. The van der Waals surface area contributed by atoms with Gasteiger partial charge in [0.25, 0.3) is 0 Å². The van der Waals surface area contributed by atoms with Gasteiger partial charge in [0.05, 0.1) is 17.1 Å². The van der Waals surface area contributed by atoms with E-state index >= 15 is 0 Å². The normalized spacial score (nSPS) is 10.6. The Morgan fingerprint density at radius 1 is 1.16 bits per heavy atom. The van der Waals surface area contributed by atoms with Crippen LogP contribution >= 0.6 is 11.3 Å². The van der Waals surface area contributed by atoms with Crippen molar-refractivity contribution in [1.82, 2.24) is 10.3 Å². The summed E-state index contributed by atoms with van der Waals surface area (Å²) in [6, 6.07) is 14.4. The molecular formula is C20H19FN2OS. The van der Waals surface area contributed by atoms with Gasteiger partial charge in [-0.15, -0.1) is 11.3 Å². The van der Waals surface area contributed by atoms with Gasteiger partial charge in [0, 0.05) is 17.5 Å². The van der Waals surface area contributed by atoms with Crippen LogP contribution < -0.4 is 5.32 Å². The van der Waals surface area contributed by atoms with Gasteiger partial charge in [-0.3, -0.25) is 4.79 Å². The van der Waals surface area contributed by atoms with E-state index < -0.39 is 0 Å². The van der Waals surface area contributed by atoms with Gasteiger partial charge in [-0.25, -0.2) is 9.37 Å². The molecule has 0 fully saturated rings. The van der Waals surface area contributed by atoms with Crippen LogP contribution in [-0.4, -0.2) is 17.4 Å². The van der Waals surface area contributed by atoms with Crippen molar-refractivity contribution in [2.75, 3.05) is 6.54 Å². The number of aromatic nitrogens is 1. The van der Waals surface area contributed by atoms with E-state index in [1.165, 1.54) is 12.1 Å². The molecule has 3 nitrogen and oxygen atoms in total. The molecule has 0 radical (unpaired) electrons. The lowest BCUT2D eigenvalue weighted by molar-refractivity contribution is -0.120. The van der Waals surface area contributed by atoms with Gasteiger partial charge >= 0.3 is 0 Å². The Labute approximate surface area is 150 Å². The van der Waals surface area contributed by atoms with Crippen molar-refractivity contribution in [3.8, 4) is 11.3 Å². The molecule has 25 heavy (non-hydrogen) atoms. The molecule has 1 amide bonds. The van der Waals surface area contributed by atoms with E-state index in [0.717, 1.165) is 28.2 Å². The molecular weight excluding hydrogens is 335 g/mol. The van der Waals surface area contributed by atoms with Crippen molar-refractivity contribution in [1.29, 1.82) is 0 Å². The van der Waals surface area contributed by atoms with Gasteiger partial charge < -0.3 is 5.32 Å². The fourth-order valence-electron chi connectivity index (χ4n) is 2.58. The molecule has 3 rings (SSSR count). The Morgan fingerprint density at radius 2 is 1.96 bits per heavy atom. The van der Waals surface area contributed by atoms with Gasteiger partial charge in [0.1, 0.15) is 5.82 Å². The molecule has 2 aromatic carbocycles. The number of thiazole rings is 1. The van der Waals surface area contributed by atoms with E-state index in [2.05, 4.69) is 39.9 Å². The molecule has 3 aromatic rings. The minimum atomic E-state index is -0.319. The maximum absolute atomic E-state index is 13.1. The van der Waals surface area contributed by atoms with E-state index in [-0.39, 0.29) is 18.1 Å². The Balaban J connectivity index is 1.48. The monoisotopic (exact) mass is 354 g/mol. The third-order valence-electron chi connectivity index (χ3n) is 3.86. The Bertz CT molecular complexity index is 858. The molecule has 0 aliphatic heterocycles. The van der Waals surface area contributed by atoms with Crippen LogP contribution in [0.5, 0.6) is 0 Å². The van der Waals surface area contributed by atoms with E-state index in [0.29, 0.717) is 12.1 Å². The van der Waals surface area contributed by atoms with Crippen LogP contribution in [0.4, 0.5) is 4.39 Å². The summed E-state index contributed by atoms with van der Waals surface area (Å²) in [5.74, 6) is -0.416. The fourth-order valence-corrected chi connectivity index (χ4v) is 3.20. The zero-order valence-corrected chi connectivity index (χ0v) is 14.8. The molecule has 128 valence electrons. The molecule has 1 N–H and O–H groups in total. The van der Waals surface area contributed by atoms with E-state index in [1.54, 1.807) is 23.5 Å². The average molecular weight is 354 g/mol. The molecule has 0 aliphatic rings. The quantitative estimate of drug-likeness (QED) is 0.722. The highest BCUT2D eigenvalue weighted by Gasteiger charge is 2.05. The first kappa shape index (κ1) is 17.3. The molecule has 0 saturated heterocycles. The Hall–Kier alpha value is -2.53. The van der Waals surface area contributed by atoms with Crippen LogP contribution in [0.2, 0.25) is 0 Å². The topological polar surface area (TPSA) is 42.0 Å². The van der Waals surface area contributed by atoms with Gasteiger partial charge in [0.15, 0.2) is 0 Å². The first-order valence-electron chi connectivity index (χ1n) is 8.13. The SMILES string of the molecule is Cc1nc(-c2ccc(CCNC(=O)Cc3cccc(F)c3)cc2)cs1. The largest absolute Gasteiger partial charge is 0.355 e. The van der Waals surface area contributed by atoms with Crippen LogP contribution in [0.3, 0.4) is 0 Å². The molecule has 0 spiro atoms. The lowest BCUT2D eigenvalue weighted by atomic mass is 10.1. The summed E-state index contributed by atoms with van der Waals surface area (Å²) in [5.41, 5.74) is 3.93. The number of aryl methyl sites for hydroxylation is 1. The Kier molecular flexibility index (Phi) is 5.56. The van der Waals surface area contributed by atoms with E-state index in [1.807, 2.05) is 6.92 Å². The lowest BCUT2D eigenvalue weighted by Crippen LogP contribution is -2.27. The second-order valence-electron chi connectivity index (χ2n) is 5.86. The van der Waals surface area contributed by atoms with Crippen LogP contribution in [0.25, 0.3) is 11.3 Å². The number of nitrogens with zero attached hydrogens (tertiary/aromatic N) is 1. The second kappa shape index (κ2) is 8.03. The summed E-state index contributed by atoms with van der Waals surface area (Å²) >= 11 is 1.64. The maximum Gasteiger partial charge on any atom is 0.224 e. The number of hydrogen-bond acceptors (Lipinski definition) is 3. The van der Waals surface area contributed by atoms with Gasteiger partial charge in [-0.1, -0.05) is 36.4 Å². The van der Waals surface area contributed by atoms with Crippen molar-refractivity contribution in [3.05, 3.63) is 75.9 Å². The summed E-state index contributed by atoms with van der Waals surface area (Å²) in [4.78, 5) is 16.4. The number of carbonyl (C=O) groups is 1. The zero-order valence-electron chi connectivity index (χ0n) is 14.0. The van der Waals surface area contributed by atoms with Gasteiger partial charge in [-0.05, 0) is 36.6 Å². The first-order chi connectivity index (χ1) is 12.1. The summed E-state index contributed by atoms with van der Waals surface area (Å²) in [5, 5.41) is 5.98. The van der Waals surface area contributed by atoms with Crippen molar-refractivity contribution >= 4 is 17.2 Å². The first-order valence-corrected chi connectivity index (χ1v) is 9.01. The lowest BCUT2D eigenvalue weighted by Gasteiger charge is -2.06. The number of hydrogen-bond donors (Lipinski definition) is 1. The summed E-state index contributed by atoms with van der Waals surface area (Å²) in [7, 11) is 0. The number of amides is 1. The zero-order chi connectivity index (χ0) is 17.6. The maximum atomic E-state index is 13.1. The number of nitrogens with one attached hydrogen (secondary N) is 1. The van der Waals surface area contributed by atoms with Crippen LogP contribution in [0, 0.1) is 12.7 Å². The van der Waals surface area contributed by atoms with Crippen LogP contribution in [0.15, 0.2) is 53.9 Å². The third kappa shape index (κ3) is 4.97. The molecule has 5 heteroatoms. The number of carbonyl (C=O) groups excluding carboxylic acids is 1. The van der Waals surface area contributed by atoms with Crippen molar-refractivity contribution in [3.63, 3.8) is 0 Å². The smallest absolute Gasteiger partial charge is 0.224 e. The molecule has 0 unspecified atom stereocenters. The van der Waals surface area contributed by atoms with Crippen molar-refractivity contribution in [2.24, 2.45) is 0 Å². The van der Waals surface area contributed by atoms with Gasteiger partial charge in [-0.2, -0.15) is 0 Å². The Morgan fingerprint density at radius 3 is 2.64 bits per heavy atom. The van der Waals surface area contributed by atoms with Crippen molar-refractivity contribution < 1.29 is 9.18 Å². The molecule has 1 aromatic heterocycles. The molecule has 0 saturated carbocycles. The fraction of sp³-hybridized carbons (Fsp3) is 0.200. The number of benzene rings is 2. The molecule has 0 atom stereocenters. The predicted molar refractivity (Wildman–Crippen MR) is 99.1 cm³/mol. The van der Waals surface area contributed by atoms with Crippen LogP contribution in [0.1, 0.15) is 16.1 Å². The summed E-state index contributed by atoms with van der Waals surface area (Å²) in [6.07, 6.45) is 0.950. The molecule has 0 aliphatic carbocycles. The molecule has 0 bridgehead atoms. The minimum Gasteiger partial charge on any atom is -0.355 e. The van der Waals surface area contributed by atoms with E-state index in [4.69, 9.17) is 0 Å². The standard InChI is InChI=1S/C20H19FN2OS/c1-14-23-19(13-25-14)17-7-5-15(6-8-17)9-10-22-20(24)12-16-3-2-4-18(21)11-16/h2-8,11,13H,9-10,12H2,1H3,(H,22,24). The minimum absolute atomic E-state index is 0.0971. The van der Waals surface area contributed by atoms with E-state index in [9.17, 15) is 9.18 Å². The highest BCUT2D eigenvalue weighted by Crippen LogP contribution is 2.21. The van der Waals surface area contributed by atoms with Gasteiger partial charge in [0.2, 0.25) is 5.91 Å². The third-order valence-corrected chi connectivity index (χ3v) is 4.63. The number of halogens is 1. The molecule has 1 heterocycles. The van der Waals surface area contributed by atoms with Crippen LogP contribution in [-0.2, 0) is 17.6 Å². The number of rotatable bonds is 6. The second-order valence-corrected chi connectivity index (χ2v) is 6.92. The summed E-state index contributed by atoms with van der Waals surface area (Å²) in [6.45, 7) is 2.55.